The van der Waals surface area contributed by atoms with Gasteiger partial charge in [-0.3, -0.25) is 0 Å². The van der Waals surface area contributed by atoms with Crippen molar-refractivity contribution in [3.8, 4) is 11.4 Å². The number of benzene rings is 1. The summed E-state index contributed by atoms with van der Waals surface area (Å²) in [5, 5.41) is 11.9. The average molecular weight is 409 g/mol. The fourth-order valence-corrected chi connectivity index (χ4v) is 4.07. The molecule has 0 radical (unpaired) electrons. The van der Waals surface area contributed by atoms with Gasteiger partial charge in [-0.1, -0.05) is 5.21 Å². The zero-order chi connectivity index (χ0) is 20.3. The number of nitrogens with two attached hydrogens (primary N) is 1. The number of rotatable bonds is 5. The molecule has 30 heavy (non-hydrogen) atoms. The van der Waals surface area contributed by atoms with E-state index in [0.717, 1.165) is 63.2 Å². The zero-order valence-corrected chi connectivity index (χ0v) is 16.9. The Bertz CT molecular complexity index is 977. The van der Waals surface area contributed by atoms with E-state index in [4.69, 9.17) is 15.2 Å². The summed E-state index contributed by atoms with van der Waals surface area (Å²) in [6, 6.07) is 8.54. The van der Waals surface area contributed by atoms with Crippen molar-refractivity contribution in [2.75, 3.05) is 18.5 Å². The molecule has 0 amide bonds. The fourth-order valence-electron chi connectivity index (χ4n) is 4.07. The first-order chi connectivity index (χ1) is 14.7. The van der Waals surface area contributed by atoms with Crippen LogP contribution in [0.15, 0.2) is 30.5 Å². The molecule has 0 unspecified atom stereocenters. The minimum atomic E-state index is 0.215. The first-order valence-corrected chi connectivity index (χ1v) is 10.7. The van der Waals surface area contributed by atoms with E-state index < -0.39 is 0 Å². The Morgan fingerprint density at radius 2 is 1.80 bits per heavy atom. The van der Waals surface area contributed by atoms with E-state index in [-0.39, 0.29) is 6.10 Å². The highest BCUT2D eigenvalue weighted by molar-refractivity contribution is 5.72. The summed E-state index contributed by atoms with van der Waals surface area (Å²) in [7, 11) is 0. The monoisotopic (exact) mass is 409 g/mol. The van der Waals surface area contributed by atoms with Gasteiger partial charge in [0.25, 0.3) is 0 Å². The molecule has 158 valence electrons. The molecular formula is C21H27N7O2. The molecule has 0 atom stereocenters. The van der Waals surface area contributed by atoms with E-state index in [1.165, 1.54) is 0 Å². The van der Waals surface area contributed by atoms with Gasteiger partial charge in [0, 0.05) is 24.9 Å². The van der Waals surface area contributed by atoms with Crippen molar-refractivity contribution in [3.63, 3.8) is 0 Å². The van der Waals surface area contributed by atoms with Crippen molar-refractivity contribution in [1.29, 1.82) is 0 Å². The largest absolute Gasteiger partial charge is 0.490 e. The van der Waals surface area contributed by atoms with Crippen LogP contribution in [0.1, 0.15) is 38.5 Å². The number of nitrogens with zero attached hydrogens (tertiary/aromatic N) is 5. The number of hydrogen-bond acceptors (Lipinski definition) is 8. The molecule has 1 aromatic carbocycles. The van der Waals surface area contributed by atoms with Crippen molar-refractivity contribution < 1.29 is 9.47 Å². The summed E-state index contributed by atoms with van der Waals surface area (Å²) in [4.78, 5) is 9.09. The first-order valence-electron chi connectivity index (χ1n) is 10.7. The maximum absolute atomic E-state index is 6.06. The number of fused-ring (bicyclic) bond motifs is 1. The SMILES string of the molecule is N[C@H]1CC[C@H](Nc2ncc3nnn(-c4ccc(OC5CCOCC5)cc4)c3n2)CC1. The molecule has 1 aliphatic heterocycles. The van der Waals surface area contributed by atoms with E-state index in [9.17, 15) is 0 Å². The maximum atomic E-state index is 6.06. The second kappa shape index (κ2) is 8.53. The predicted molar refractivity (Wildman–Crippen MR) is 113 cm³/mol. The van der Waals surface area contributed by atoms with Crippen molar-refractivity contribution in [1.82, 2.24) is 25.0 Å². The van der Waals surface area contributed by atoms with Crippen LogP contribution in [0.5, 0.6) is 5.75 Å². The van der Waals surface area contributed by atoms with Gasteiger partial charge < -0.3 is 20.5 Å². The third kappa shape index (κ3) is 4.22. The fraction of sp³-hybridized carbons (Fsp3) is 0.524. The van der Waals surface area contributed by atoms with E-state index in [1.54, 1.807) is 10.9 Å². The van der Waals surface area contributed by atoms with Crippen LogP contribution in [0.3, 0.4) is 0 Å². The Labute approximate surface area is 175 Å². The zero-order valence-electron chi connectivity index (χ0n) is 16.9. The van der Waals surface area contributed by atoms with Crippen molar-refractivity contribution in [3.05, 3.63) is 30.5 Å². The molecule has 2 aliphatic rings. The Morgan fingerprint density at radius 1 is 1.03 bits per heavy atom. The summed E-state index contributed by atoms with van der Waals surface area (Å²) in [5.74, 6) is 1.45. The maximum Gasteiger partial charge on any atom is 0.225 e. The van der Waals surface area contributed by atoms with Crippen LogP contribution >= 0.6 is 0 Å². The topological polar surface area (TPSA) is 113 Å². The molecule has 9 heteroatoms. The number of hydrogen-bond donors (Lipinski definition) is 2. The van der Waals surface area contributed by atoms with Gasteiger partial charge >= 0.3 is 0 Å². The lowest BCUT2D eigenvalue weighted by molar-refractivity contribution is 0.0256. The Balaban J connectivity index is 1.32. The lowest BCUT2D eigenvalue weighted by Gasteiger charge is -2.26. The van der Waals surface area contributed by atoms with Crippen LogP contribution in [-0.4, -0.2) is 56.4 Å². The molecule has 1 saturated carbocycles. The lowest BCUT2D eigenvalue weighted by Crippen LogP contribution is -2.33. The molecule has 3 aromatic rings. The highest BCUT2D eigenvalue weighted by Crippen LogP contribution is 2.23. The Morgan fingerprint density at radius 3 is 2.57 bits per heavy atom. The van der Waals surface area contributed by atoms with Gasteiger partial charge in [-0.2, -0.15) is 9.67 Å². The van der Waals surface area contributed by atoms with E-state index in [0.29, 0.717) is 29.2 Å². The first kappa shape index (κ1) is 19.2. The van der Waals surface area contributed by atoms with Crippen LogP contribution in [-0.2, 0) is 4.74 Å². The third-order valence-electron chi connectivity index (χ3n) is 5.85. The van der Waals surface area contributed by atoms with Crippen LogP contribution in [0.25, 0.3) is 16.9 Å². The van der Waals surface area contributed by atoms with Crippen LogP contribution < -0.4 is 15.8 Å². The van der Waals surface area contributed by atoms with Gasteiger partial charge in [0.15, 0.2) is 11.2 Å². The van der Waals surface area contributed by atoms with E-state index >= 15 is 0 Å². The second-order valence-electron chi connectivity index (χ2n) is 8.08. The summed E-state index contributed by atoms with van der Waals surface area (Å²) >= 11 is 0. The molecule has 1 aliphatic carbocycles. The summed E-state index contributed by atoms with van der Waals surface area (Å²) < 4.78 is 13.2. The molecule has 0 spiro atoms. The summed E-state index contributed by atoms with van der Waals surface area (Å²) in [6.07, 6.45) is 7.91. The molecule has 9 nitrogen and oxygen atoms in total. The third-order valence-corrected chi connectivity index (χ3v) is 5.85. The van der Waals surface area contributed by atoms with Gasteiger partial charge in [-0.25, -0.2) is 4.98 Å². The summed E-state index contributed by atoms with van der Waals surface area (Å²) in [6.45, 7) is 1.52. The normalized spacial score (nSPS) is 22.8. The number of nitrogens with one attached hydrogen (secondary N) is 1. The molecule has 1 saturated heterocycles. The highest BCUT2D eigenvalue weighted by Gasteiger charge is 2.20. The Hall–Kier alpha value is -2.78. The minimum Gasteiger partial charge on any atom is -0.490 e. The highest BCUT2D eigenvalue weighted by atomic mass is 16.5. The van der Waals surface area contributed by atoms with Gasteiger partial charge in [0.2, 0.25) is 5.95 Å². The van der Waals surface area contributed by atoms with Gasteiger partial charge in [-0.05, 0) is 49.9 Å². The quantitative estimate of drug-likeness (QED) is 0.661. The smallest absolute Gasteiger partial charge is 0.225 e. The van der Waals surface area contributed by atoms with Crippen LogP contribution in [0.4, 0.5) is 5.95 Å². The summed E-state index contributed by atoms with van der Waals surface area (Å²) in [5.41, 5.74) is 8.22. The second-order valence-corrected chi connectivity index (χ2v) is 8.08. The van der Waals surface area contributed by atoms with Crippen molar-refractivity contribution in [2.45, 2.75) is 56.7 Å². The van der Waals surface area contributed by atoms with Gasteiger partial charge in [0.05, 0.1) is 25.1 Å². The number of anilines is 1. The average Bonchev–Trinajstić information content (AvgIpc) is 3.20. The standard InChI is InChI=1S/C21H27N7O2/c22-14-1-3-15(4-2-14)24-21-23-13-19-20(25-21)28(27-26-19)16-5-7-17(8-6-16)30-18-9-11-29-12-10-18/h5-8,13-15,18H,1-4,9-12,22H2,(H,23,24,25)/t14-,15-. The molecule has 3 heterocycles. The molecule has 0 bridgehead atoms. The molecule has 2 aromatic heterocycles. The van der Waals surface area contributed by atoms with Crippen molar-refractivity contribution in [2.24, 2.45) is 5.73 Å². The van der Waals surface area contributed by atoms with Gasteiger partial charge in [-0.15, -0.1) is 5.10 Å². The minimum absolute atomic E-state index is 0.215. The van der Waals surface area contributed by atoms with Crippen molar-refractivity contribution >= 4 is 17.1 Å². The van der Waals surface area contributed by atoms with Crippen LogP contribution in [0, 0.1) is 0 Å². The number of aromatic nitrogens is 5. The van der Waals surface area contributed by atoms with E-state index in [2.05, 4.69) is 25.6 Å². The van der Waals surface area contributed by atoms with Crippen LogP contribution in [0.2, 0.25) is 0 Å². The van der Waals surface area contributed by atoms with Gasteiger partial charge in [0.1, 0.15) is 11.9 Å². The molecule has 2 fully saturated rings. The van der Waals surface area contributed by atoms with E-state index in [1.807, 2.05) is 24.3 Å². The molecule has 3 N–H and O–H groups in total. The Kier molecular flexibility index (Phi) is 5.46. The molecular weight excluding hydrogens is 382 g/mol. The number of ether oxygens (including phenoxy) is 2. The lowest BCUT2D eigenvalue weighted by atomic mass is 9.92. The molecule has 5 rings (SSSR count). The predicted octanol–water partition coefficient (Wildman–Crippen LogP) is 2.45.